The smallest absolute Gasteiger partial charge is 0.406 e. The number of hydrogen-bond donors (Lipinski definition) is 1. The van der Waals surface area contributed by atoms with Crippen molar-refractivity contribution in [3.63, 3.8) is 0 Å². The van der Waals surface area contributed by atoms with Gasteiger partial charge in [0.05, 0.1) is 11.9 Å². The third-order valence-corrected chi connectivity index (χ3v) is 3.59. The number of nitrogens with zero attached hydrogens (tertiary/aromatic N) is 2. The molecular formula is C18H14F3N3O2. The number of ether oxygens (including phenoxy) is 1. The molecule has 134 valence electrons. The lowest BCUT2D eigenvalue weighted by Crippen LogP contribution is -2.17. The predicted octanol–water partition coefficient (Wildman–Crippen LogP) is 4.45. The van der Waals surface area contributed by atoms with E-state index in [1.165, 1.54) is 16.9 Å². The lowest BCUT2D eigenvalue weighted by atomic mass is 10.0. The molecule has 0 spiro atoms. The van der Waals surface area contributed by atoms with Crippen molar-refractivity contribution in [1.82, 2.24) is 9.78 Å². The summed E-state index contributed by atoms with van der Waals surface area (Å²) >= 11 is 0. The summed E-state index contributed by atoms with van der Waals surface area (Å²) < 4.78 is 45.9. The van der Waals surface area contributed by atoms with Crippen LogP contribution in [0.5, 0.6) is 5.75 Å². The number of hydrogen-bond acceptors (Lipinski definition) is 3. The van der Waals surface area contributed by atoms with E-state index in [4.69, 9.17) is 4.74 Å². The first-order valence-corrected chi connectivity index (χ1v) is 7.59. The molecule has 1 N–H and O–H groups in total. The lowest BCUT2D eigenvalue weighted by molar-refractivity contribution is 0.214. The van der Waals surface area contributed by atoms with E-state index in [1.807, 2.05) is 0 Å². The van der Waals surface area contributed by atoms with E-state index >= 15 is 0 Å². The van der Waals surface area contributed by atoms with E-state index in [1.54, 1.807) is 31.3 Å². The number of halogens is 3. The second-order valence-corrected chi connectivity index (χ2v) is 5.44. The molecule has 2 aromatic carbocycles. The van der Waals surface area contributed by atoms with Crippen molar-refractivity contribution < 1.29 is 22.7 Å². The van der Waals surface area contributed by atoms with Crippen LogP contribution in [0, 0.1) is 11.6 Å². The molecule has 0 atom stereocenters. The van der Waals surface area contributed by atoms with Gasteiger partial charge in [-0.3, -0.25) is 10.00 Å². The van der Waals surface area contributed by atoms with Crippen LogP contribution >= 0.6 is 0 Å². The van der Waals surface area contributed by atoms with Gasteiger partial charge < -0.3 is 4.74 Å². The van der Waals surface area contributed by atoms with Gasteiger partial charge >= 0.3 is 6.09 Å². The van der Waals surface area contributed by atoms with Gasteiger partial charge in [0.2, 0.25) is 0 Å². The number of nitrogens with one attached hydrogen (secondary N) is 1. The van der Waals surface area contributed by atoms with E-state index in [9.17, 15) is 18.0 Å². The van der Waals surface area contributed by atoms with E-state index in [0.717, 1.165) is 12.1 Å². The van der Waals surface area contributed by atoms with Gasteiger partial charge in [-0.2, -0.15) is 5.10 Å². The van der Waals surface area contributed by atoms with E-state index < -0.39 is 24.4 Å². The molecule has 0 saturated heterocycles. The summed E-state index contributed by atoms with van der Waals surface area (Å²) in [6.45, 7) is -0.880. The average Bonchev–Trinajstić information content (AvgIpc) is 2.97. The molecule has 0 aliphatic rings. The number of anilines is 1. The Kier molecular flexibility index (Phi) is 4.92. The third-order valence-electron chi connectivity index (χ3n) is 3.59. The molecule has 0 fully saturated rings. The van der Waals surface area contributed by atoms with Crippen LogP contribution in [-0.4, -0.2) is 15.9 Å². The Morgan fingerprint density at radius 1 is 1.19 bits per heavy atom. The lowest BCUT2D eigenvalue weighted by Gasteiger charge is -2.11. The molecule has 3 aromatic rings. The molecule has 0 radical (unpaired) electrons. The SMILES string of the molecule is Cn1cc(OC(=O)Nc2ccccc2-c2ccc(F)c(F)c2)c(CF)n1. The molecule has 1 heterocycles. The highest BCUT2D eigenvalue weighted by molar-refractivity contribution is 5.92. The topological polar surface area (TPSA) is 56.1 Å². The van der Waals surface area contributed by atoms with Crippen LogP contribution in [-0.2, 0) is 13.7 Å². The molecular weight excluding hydrogens is 347 g/mol. The van der Waals surface area contributed by atoms with Crippen LogP contribution < -0.4 is 10.1 Å². The zero-order chi connectivity index (χ0) is 18.7. The van der Waals surface area contributed by atoms with E-state index in [2.05, 4.69) is 10.4 Å². The minimum atomic E-state index is -0.997. The highest BCUT2D eigenvalue weighted by Gasteiger charge is 2.15. The molecule has 5 nitrogen and oxygen atoms in total. The van der Waals surface area contributed by atoms with Gasteiger partial charge in [-0.1, -0.05) is 24.3 Å². The van der Waals surface area contributed by atoms with Crippen molar-refractivity contribution in [1.29, 1.82) is 0 Å². The number of aromatic nitrogens is 2. The van der Waals surface area contributed by atoms with Gasteiger partial charge in [0.1, 0.15) is 12.4 Å². The number of carbonyl (C=O) groups excluding carboxylic acids is 1. The number of aryl methyl sites for hydroxylation is 1. The van der Waals surface area contributed by atoms with Crippen molar-refractivity contribution in [3.8, 4) is 16.9 Å². The molecule has 1 aromatic heterocycles. The van der Waals surface area contributed by atoms with Crippen molar-refractivity contribution >= 4 is 11.8 Å². The van der Waals surface area contributed by atoms with Gasteiger partial charge in [-0.25, -0.2) is 18.0 Å². The molecule has 0 unspecified atom stereocenters. The first kappa shape index (κ1) is 17.5. The number of benzene rings is 2. The molecule has 3 rings (SSSR count). The molecule has 8 heteroatoms. The number of amides is 1. The maximum Gasteiger partial charge on any atom is 0.417 e. The van der Waals surface area contributed by atoms with Gasteiger partial charge in [0, 0.05) is 12.6 Å². The number of para-hydroxylation sites is 1. The second kappa shape index (κ2) is 7.30. The summed E-state index contributed by atoms with van der Waals surface area (Å²) in [5.74, 6) is -1.96. The summed E-state index contributed by atoms with van der Waals surface area (Å²) in [6, 6.07) is 10.0. The first-order valence-electron chi connectivity index (χ1n) is 7.59. The summed E-state index contributed by atoms with van der Waals surface area (Å²) in [6.07, 6.45) is 0.512. The van der Waals surface area contributed by atoms with Gasteiger partial charge in [0.15, 0.2) is 17.4 Å². The molecule has 0 aliphatic carbocycles. The van der Waals surface area contributed by atoms with Gasteiger partial charge in [-0.15, -0.1) is 0 Å². The van der Waals surface area contributed by atoms with Crippen LogP contribution in [0.15, 0.2) is 48.7 Å². The van der Waals surface area contributed by atoms with Crippen LogP contribution in [0.1, 0.15) is 5.69 Å². The average molecular weight is 361 g/mol. The second-order valence-electron chi connectivity index (χ2n) is 5.44. The third kappa shape index (κ3) is 3.69. The monoisotopic (exact) mass is 361 g/mol. The zero-order valence-electron chi connectivity index (χ0n) is 13.7. The normalized spacial score (nSPS) is 10.6. The highest BCUT2D eigenvalue weighted by atomic mass is 19.2. The van der Waals surface area contributed by atoms with Crippen molar-refractivity contribution in [2.24, 2.45) is 7.05 Å². The molecule has 1 amide bonds. The minimum absolute atomic E-state index is 0.00203. The maximum atomic E-state index is 13.5. The van der Waals surface area contributed by atoms with Crippen LogP contribution in [0.3, 0.4) is 0 Å². The summed E-state index contributed by atoms with van der Waals surface area (Å²) in [5.41, 5.74) is 1.18. The Balaban J connectivity index is 1.84. The summed E-state index contributed by atoms with van der Waals surface area (Å²) in [4.78, 5) is 12.1. The number of carbonyl (C=O) groups is 1. The van der Waals surface area contributed by atoms with Gasteiger partial charge in [-0.05, 0) is 23.8 Å². The fourth-order valence-electron chi connectivity index (χ4n) is 2.43. The van der Waals surface area contributed by atoms with Crippen molar-refractivity contribution in [2.75, 3.05) is 5.32 Å². The Morgan fingerprint density at radius 2 is 1.96 bits per heavy atom. The number of alkyl halides is 1. The molecule has 0 saturated carbocycles. The fourth-order valence-corrected chi connectivity index (χ4v) is 2.43. The fraction of sp³-hybridized carbons (Fsp3) is 0.111. The molecule has 0 aliphatic heterocycles. The highest BCUT2D eigenvalue weighted by Crippen LogP contribution is 2.29. The Morgan fingerprint density at radius 3 is 2.69 bits per heavy atom. The Bertz CT molecular complexity index is 957. The molecule has 0 bridgehead atoms. The summed E-state index contributed by atoms with van der Waals surface area (Å²) in [7, 11) is 1.57. The minimum Gasteiger partial charge on any atom is -0.406 e. The molecule has 26 heavy (non-hydrogen) atoms. The number of rotatable bonds is 4. The largest absolute Gasteiger partial charge is 0.417 e. The van der Waals surface area contributed by atoms with Gasteiger partial charge in [0.25, 0.3) is 0 Å². The summed E-state index contributed by atoms with van der Waals surface area (Å²) in [5, 5.41) is 6.35. The van der Waals surface area contributed by atoms with Crippen LogP contribution in [0.25, 0.3) is 11.1 Å². The zero-order valence-corrected chi connectivity index (χ0v) is 13.7. The van der Waals surface area contributed by atoms with E-state index in [0.29, 0.717) is 16.8 Å². The standard InChI is InChI=1S/C18H14F3N3O2/c1-24-10-17(16(9-19)23-24)26-18(25)22-15-5-3-2-4-12(15)11-6-7-13(20)14(21)8-11/h2-8,10H,9H2,1H3,(H,22,25). The first-order chi connectivity index (χ1) is 12.5. The van der Waals surface area contributed by atoms with Crippen LogP contribution in [0.2, 0.25) is 0 Å². The quantitative estimate of drug-likeness (QED) is 0.747. The Labute approximate surface area is 147 Å². The Hall–Kier alpha value is -3.29. The van der Waals surface area contributed by atoms with Crippen molar-refractivity contribution in [3.05, 3.63) is 66.0 Å². The van der Waals surface area contributed by atoms with E-state index in [-0.39, 0.29) is 11.4 Å². The van der Waals surface area contributed by atoms with Crippen LogP contribution in [0.4, 0.5) is 23.7 Å². The predicted molar refractivity (Wildman–Crippen MR) is 89.5 cm³/mol. The van der Waals surface area contributed by atoms with Crippen molar-refractivity contribution in [2.45, 2.75) is 6.67 Å². The maximum absolute atomic E-state index is 13.5.